The van der Waals surface area contributed by atoms with E-state index in [0.717, 1.165) is 0 Å². The van der Waals surface area contributed by atoms with E-state index in [0.29, 0.717) is 11.3 Å². The number of carboxylic acids is 1. The van der Waals surface area contributed by atoms with Crippen LogP contribution in [0.3, 0.4) is 0 Å². The quantitative estimate of drug-likeness (QED) is 0.814. The normalized spacial score (nSPS) is 11.6. The molecular weight excluding hydrogens is 205 g/mol. The molecule has 2 nitrogen and oxygen atoms in total. The van der Waals surface area contributed by atoms with E-state index in [1.807, 2.05) is 0 Å². The molecule has 0 bridgehead atoms. The fourth-order valence-electron chi connectivity index (χ4n) is 0.785. The second-order valence-electron chi connectivity index (χ2n) is 2.36. The first kappa shape index (κ1) is 10.0. The molecule has 72 valence electrons. The summed E-state index contributed by atoms with van der Waals surface area (Å²) < 4.78 is 35.4. The van der Waals surface area contributed by atoms with E-state index in [2.05, 4.69) is 0 Å². The molecule has 13 heavy (non-hydrogen) atoms. The Hall–Kier alpha value is -1.04. The van der Waals surface area contributed by atoms with Crippen molar-refractivity contribution >= 4 is 17.3 Å². The molecule has 0 radical (unpaired) electrons. The van der Waals surface area contributed by atoms with E-state index >= 15 is 0 Å². The molecule has 1 rings (SSSR count). The predicted octanol–water partition coefficient (Wildman–Crippen LogP) is 2.55. The van der Waals surface area contributed by atoms with Crippen LogP contribution in [0.2, 0.25) is 0 Å². The lowest BCUT2D eigenvalue weighted by atomic mass is 10.3. The molecular formula is C7H5F3O2S. The molecule has 6 heteroatoms. The molecule has 0 amide bonds. The van der Waals surface area contributed by atoms with E-state index in [1.54, 1.807) is 0 Å². The van der Waals surface area contributed by atoms with Gasteiger partial charge in [-0.15, -0.1) is 11.3 Å². The Morgan fingerprint density at radius 3 is 2.46 bits per heavy atom. The highest BCUT2D eigenvalue weighted by Crippen LogP contribution is 2.26. The average molecular weight is 210 g/mol. The Labute approximate surface area is 75.6 Å². The third-order valence-corrected chi connectivity index (χ3v) is 2.32. The van der Waals surface area contributed by atoms with Crippen molar-refractivity contribution in [2.24, 2.45) is 0 Å². The molecule has 0 saturated carbocycles. The van der Waals surface area contributed by atoms with Crippen LogP contribution < -0.4 is 0 Å². The summed E-state index contributed by atoms with van der Waals surface area (Å²) in [5, 5.41) is 8.43. The van der Waals surface area contributed by atoms with Gasteiger partial charge in [0.1, 0.15) is 4.88 Å². The highest BCUT2D eigenvalue weighted by molar-refractivity contribution is 7.13. The Morgan fingerprint density at radius 2 is 2.08 bits per heavy atom. The maximum Gasteiger partial charge on any atom is 0.393 e. The van der Waals surface area contributed by atoms with Crippen LogP contribution in [0.15, 0.2) is 12.1 Å². The van der Waals surface area contributed by atoms with E-state index < -0.39 is 18.6 Å². The molecule has 0 aliphatic heterocycles. The van der Waals surface area contributed by atoms with Gasteiger partial charge in [0.2, 0.25) is 0 Å². The van der Waals surface area contributed by atoms with Gasteiger partial charge in [-0.05, 0) is 12.1 Å². The summed E-state index contributed by atoms with van der Waals surface area (Å²) >= 11 is 0.648. The first-order valence-electron chi connectivity index (χ1n) is 3.27. The lowest BCUT2D eigenvalue weighted by molar-refractivity contribution is -0.126. The van der Waals surface area contributed by atoms with Gasteiger partial charge >= 0.3 is 12.1 Å². The fourth-order valence-corrected chi connectivity index (χ4v) is 1.66. The number of rotatable bonds is 2. The standard InChI is InChI=1S/C7H5F3O2S/c8-7(9,10)3-4-1-2-5(13-4)6(11)12/h1-2H,3H2,(H,11,12). The van der Waals surface area contributed by atoms with Crippen molar-refractivity contribution in [2.45, 2.75) is 12.6 Å². The van der Waals surface area contributed by atoms with Crippen molar-refractivity contribution in [3.8, 4) is 0 Å². The number of aromatic carboxylic acids is 1. The minimum Gasteiger partial charge on any atom is -0.477 e. The second kappa shape index (κ2) is 3.37. The number of hydrogen-bond acceptors (Lipinski definition) is 2. The molecule has 0 saturated heterocycles. The van der Waals surface area contributed by atoms with Crippen molar-refractivity contribution in [3.63, 3.8) is 0 Å². The summed E-state index contributed by atoms with van der Waals surface area (Å²) in [6, 6.07) is 2.36. The highest BCUT2D eigenvalue weighted by Gasteiger charge is 2.28. The summed E-state index contributed by atoms with van der Waals surface area (Å²) in [7, 11) is 0. The highest BCUT2D eigenvalue weighted by atomic mass is 32.1. The second-order valence-corrected chi connectivity index (χ2v) is 3.53. The van der Waals surface area contributed by atoms with E-state index in [-0.39, 0.29) is 9.75 Å². The van der Waals surface area contributed by atoms with Crippen LogP contribution >= 0.6 is 11.3 Å². The van der Waals surface area contributed by atoms with Gasteiger partial charge in [0, 0.05) is 4.88 Å². The van der Waals surface area contributed by atoms with Crippen molar-refractivity contribution < 1.29 is 23.1 Å². The zero-order chi connectivity index (χ0) is 10.1. The minimum atomic E-state index is -4.28. The Balaban J connectivity index is 2.75. The lowest BCUT2D eigenvalue weighted by Gasteiger charge is -2.02. The van der Waals surface area contributed by atoms with Gasteiger partial charge in [0.15, 0.2) is 0 Å². The van der Waals surface area contributed by atoms with Gasteiger partial charge in [-0.25, -0.2) is 4.79 Å². The predicted molar refractivity (Wildman–Crippen MR) is 41.0 cm³/mol. The smallest absolute Gasteiger partial charge is 0.393 e. The van der Waals surface area contributed by atoms with Crippen LogP contribution in [0.1, 0.15) is 14.5 Å². The number of thiophene rings is 1. The SMILES string of the molecule is O=C(O)c1ccc(CC(F)(F)F)s1. The van der Waals surface area contributed by atoms with Crippen LogP contribution in [-0.2, 0) is 6.42 Å². The molecule has 1 aromatic heterocycles. The van der Waals surface area contributed by atoms with E-state index in [9.17, 15) is 18.0 Å². The summed E-state index contributed by atoms with van der Waals surface area (Å²) in [5.74, 6) is -1.20. The van der Waals surface area contributed by atoms with Crippen molar-refractivity contribution in [2.75, 3.05) is 0 Å². The summed E-state index contributed by atoms with van der Waals surface area (Å²) in [6.07, 6.45) is -5.34. The summed E-state index contributed by atoms with van der Waals surface area (Å²) in [6.45, 7) is 0. The minimum absolute atomic E-state index is 0.0184. The molecule has 0 aliphatic carbocycles. The number of carbonyl (C=O) groups is 1. The van der Waals surface area contributed by atoms with Crippen molar-refractivity contribution in [1.82, 2.24) is 0 Å². The maximum absolute atomic E-state index is 11.8. The molecule has 0 spiro atoms. The number of alkyl halides is 3. The van der Waals surface area contributed by atoms with Crippen LogP contribution in [0, 0.1) is 0 Å². The Kier molecular flexibility index (Phi) is 2.60. The van der Waals surface area contributed by atoms with E-state index in [4.69, 9.17) is 5.11 Å². The van der Waals surface area contributed by atoms with E-state index in [1.165, 1.54) is 12.1 Å². The Morgan fingerprint density at radius 1 is 1.46 bits per heavy atom. The monoisotopic (exact) mass is 210 g/mol. The third-order valence-electron chi connectivity index (χ3n) is 1.25. The van der Waals surface area contributed by atoms with Crippen LogP contribution in [0.4, 0.5) is 13.2 Å². The van der Waals surface area contributed by atoms with Crippen LogP contribution in [0.5, 0.6) is 0 Å². The average Bonchev–Trinajstić information content (AvgIpc) is 2.31. The first-order chi connectivity index (χ1) is 5.88. The van der Waals surface area contributed by atoms with Crippen molar-refractivity contribution in [3.05, 3.63) is 21.9 Å². The summed E-state index contributed by atoms with van der Waals surface area (Å²) in [4.78, 5) is 10.3. The van der Waals surface area contributed by atoms with Gasteiger partial charge < -0.3 is 5.11 Å². The molecule has 1 aromatic rings. The lowest BCUT2D eigenvalue weighted by Crippen LogP contribution is -2.10. The van der Waals surface area contributed by atoms with Gasteiger partial charge in [-0.2, -0.15) is 13.2 Å². The topological polar surface area (TPSA) is 37.3 Å². The fraction of sp³-hybridized carbons (Fsp3) is 0.286. The van der Waals surface area contributed by atoms with Gasteiger partial charge in [-0.3, -0.25) is 0 Å². The van der Waals surface area contributed by atoms with Gasteiger partial charge in [-0.1, -0.05) is 0 Å². The molecule has 0 aliphatic rings. The zero-order valence-electron chi connectivity index (χ0n) is 6.26. The first-order valence-corrected chi connectivity index (χ1v) is 4.09. The molecule has 0 atom stereocenters. The molecule has 1 heterocycles. The molecule has 0 unspecified atom stereocenters. The maximum atomic E-state index is 11.8. The van der Waals surface area contributed by atoms with Crippen LogP contribution in [0.25, 0.3) is 0 Å². The van der Waals surface area contributed by atoms with Crippen molar-refractivity contribution in [1.29, 1.82) is 0 Å². The largest absolute Gasteiger partial charge is 0.477 e. The summed E-state index contributed by atoms with van der Waals surface area (Å²) in [5.41, 5.74) is 0. The molecule has 0 aromatic carbocycles. The number of carboxylic acid groups (broad SMARTS) is 1. The molecule has 1 N–H and O–H groups in total. The Bertz CT molecular complexity index is 316. The van der Waals surface area contributed by atoms with Crippen LogP contribution in [-0.4, -0.2) is 17.3 Å². The molecule has 0 fully saturated rings. The number of hydrogen-bond donors (Lipinski definition) is 1. The third kappa shape index (κ3) is 3.06. The number of halogens is 3. The van der Waals surface area contributed by atoms with Gasteiger partial charge in [0.05, 0.1) is 6.42 Å². The van der Waals surface area contributed by atoms with Gasteiger partial charge in [0.25, 0.3) is 0 Å². The zero-order valence-corrected chi connectivity index (χ0v) is 7.08.